The van der Waals surface area contributed by atoms with Gasteiger partial charge in [-0.1, -0.05) is 51.2 Å². The Labute approximate surface area is 134 Å². The number of nitrogens with one attached hydrogen (secondary N) is 1. The predicted octanol–water partition coefficient (Wildman–Crippen LogP) is 5.13. The van der Waals surface area contributed by atoms with Gasteiger partial charge in [0.1, 0.15) is 5.82 Å². The molecule has 0 fully saturated rings. The normalized spacial score (nSPS) is 10.8. The fraction of sp³-hybridized carbons (Fsp3) is 0.632. The lowest BCUT2D eigenvalue weighted by atomic mass is 10.0. The maximum Gasteiger partial charge on any atom is 0.165 e. The molecule has 0 saturated heterocycles. The Kier molecular flexibility index (Phi) is 10.6. The van der Waals surface area contributed by atoms with Crippen LogP contribution in [0.1, 0.15) is 75.1 Å². The van der Waals surface area contributed by atoms with Gasteiger partial charge < -0.3 is 5.32 Å². The summed E-state index contributed by atoms with van der Waals surface area (Å²) in [5.41, 5.74) is 0.233. The van der Waals surface area contributed by atoms with E-state index in [0.29, 0.717) is 6.42 Å². The van der Waals surface area contributed by atoms with Crippen LogP contribution < -0.4 is 5.32 Å². The summed E-state index contributed by atoms with van der Waals surface area (Å²) in [7, 11) is 0. The molecule has 0 amide bonds. The molecule has 1 aromatic carbocycles. The van der Waals surface area contributed by atoms with E-state index in [4.69, 9.17) is 0 Å². The molecule has 124 valence electrons. The van der Waals surface area contributed by atoms with Crippen molar-refractivity contribution in [3.05, 3.63) is 35.6 Å². The average molecular weight is 307 g/mol. The van der Waals surface area contributed by atoms with Gasteiger partial charge in [0, 0.05) is 6.42 Å². The average Bonchev–Trinajstić information content (AvgIpc) is 2.53. The number of hydrogen-bond acceptors (Lipinski definition) is 2. The Hall–Kier alpha value is -1.22. The highest BCUT2D eigenvalue weighted by molar-refractivity contribution is 5.96. The molecule has 0 saturated carbocycles. The zero-order chi connectivity index (χ0) is 16.0. The molecule has 0 aliphatic carbocycles. The lowest BCUT2D eigenvalue weighted by Gasteiger charge is -2.05. The monoisotopic (exact) mass is 307 g/mol. The Morgan fingerprint density at radius 1 is 0.955 bits per heavy atom. The lowest BCUT2D eigenvalue weighted by molar-refractivity contribution is 0.0975. The van der Waals surface area contributed by atoms with Gasteiger partial charge in [-0.2, -0.15) is 0 Å². The van der Waals surface area contributed by atoms with Crippen LogP contribution in [0.25, 0.3) is 0 Å². The van der Waals surface area contributed by atoms with E-state index in [1.54, 1.807) is 18.2 Å². The summed E-state index contributed by atoms with van der Waals surface area (Å²) in [6, 6.07) is 6.24. The third-order valence-corrected chi connectivity index (χ3v) is 3.89. The Morgan fingerprint density at radius 2 is 1.59 bits per heavy atom. The molecule has 1 aromatic rings. The molecule has 0 unspecified atom stereocenters. The van der Waals surface area contributed by atoms with E-state index in [1.807, 2.05) is 0 Å². The molecule has 0 heterocycles. The maximum atomic E-state index is 13.4. The standard InChI is InChI=1S/C19H30FNO/c1-2-3-4-10-15-21-16-11-6-5-7-14-19(22)17-12-8-9-13-18(17)20/h8-9,12-13,21H,2-7,10-11,14-16H2,1H3. The molecule has 0 aliphatic rings. The minimum absolute atomic E-state index is 0.0767. The van der Waals surface area contributed by atoms with Crippen LogP contribution >= 0.6 is 0 Å². The number of unbranched alkanes of at least 4 members (excludes halogenated alkanes) is 6. The van der Waals surface area contributed by atoms with Gasteiger partial charge in [-0.25, -0.2) is 4.39 Å². The SMILES string of the molecule is CCCCCCNCCCCCCC(=O)c1ccccc1F. The van der Waals surface area contributed by atoms with Crippen molar-refractivity contribution >= 4 is 5.78 Å². The van der Waals surface area contributed by atoms with Crippen molar-refractivity contribution < 1.29 is 9.18 Å². The predicted molar refractivity (Wildman–Crippen MR) is 90.8 cm³/mol. The zero-order valence-electron chi connectivity index (χ0n) is 13.9. The molecule has 0 aromatic heterocycles. The maximum absolute atomic E-state index is 13.4. The van der Waals surface area contributed by atoms with Crippen LogP contribution in [-0.4, -0.2) is 18.9 Å². The highest BCUT2D eigenvalue weighted by atomic mass is 19.1. The Balaban J connectivity index is 1.95. The third kappa shape index (κ3) is 8.28. The van der Waals surface area contributed by atoms with Gasteiger partial charge in [-0.3, -0.25) is 4.79 Å². The minimum atomic E-state index is -0.403. The van der Waals surface area contributed by atoms with Crippen molar-refractivity contribution in [1.29, 1.82) is 0 Å². The highest BCUT2D eigenvalue weighted by Gasteiger charge is 2.09. The molecular formula is C19H30FNO. The fourth-order valence-electron chi connectivity index (χ4n) is 2.51. The van der Waals surface area contributed by atoms with Crippen molar-refractivity contribution in [2.24, 2.45) is 0 Å². The van der Waals surface area contributed by atoms with Crippen LogP contribution in [0.4, 0.5) is 4.39 Å². The van der Waals surface area contributed by atoms with Crippen LogP contribution in [0.15, 0.2) is 24.3 Å². The van der Waals surface area contributed by atoms with Crippen LogP contribution in [0.3, 0.4) is 0 Å². The van der Waals surface area contributed by atoms with E-state index in [0.717, 1.165) is 38.8 Å². The van der Waals surface area contributed by atoms with Gasteiger partial charge in [0.05, 0.1) is 5.56 Å². The summed E-state index contributed by atoms with van der Waals surface area (Å²) in [4.78, 5) is 11.9. The zero-order valence-corrected chi connectivity index (χ0v) is 13.9. The first kappa shape index (κ1) is 18.8. The van der Waals surface area contributed by atoms with Crippen molar-refractivity contribution in [2.45, 2.75) is 64.7 Å². The third-order valence-electron chi connectivity index (χ3n) is 3.89. The second-order valence-corrected chi connectivity index (χ2v) is 5.88. The van der Waals surface area contributed by atoms with Gasteiger partial charge >= 0.3 is 0 Å². The first-order chi connectivity index (χ1) is 10.8. The van der Waals surface area contributed by atoms with E-state index < -0.39 is 5.82 Å². The van der Waals surface area contributed by atoms with E-state index in [9.17, 15) is 9.18 Å². The molecule has 0 radical (unpaired) electrons. The quantitative estimate of drug-likeness (QED) is 0.404. The number of Topliss-reactive ketones (excluding diaryl/α,β-unsaturated/α-hetero) is 1. The van der Waals surface area contributed by atoms with Gasteiger partial charge in [0.2, 0.25) is 0 Å². The van der Waals surface area contributed by atoms with Crippen LogP contribution in [0.2, 0.25) is 0 Å². The van der Waals surface area contributed by atoms with Crippen LogP contribution in [0, 0.1) is 5.82 Å². The molecular weight excluding hydrogens is 277 g/mol. The number of halogens is 1. The Morgan fingerprint density at radius 3 is 2.27 bits per heavy atom. The highest BCUT2D eigenvalue weighted by Crippen LogP contribution is 2.12. The largest absolute Gasteiger partial charge is 0.317 e. The number of carbonyl (C=O) groups is 1. The summed E-state index contributed by atoms with van der Waals surface area (Å²) in [6.07, 6.45) is 9.83. The van der Waals surface area contributed by atoms with Crippen molar-refractivity contribution in [2.75, 3.05) is 13.1 Å². The van der Waals surface area contributed by atoms with E-state index in [1.165, 1.54) is 31.7 Å². The second kappa shape index (κ2) is 12.3. The number of hydrogen-bond donors (Lipinski definition) is 1. The van der Waals surface area contributed by atoms with Crippen LogP contribution in [0.5, 0.6) is 0 Å². The number of benzene rings is 1. The summed E-state index contributed by atoms with van der Waals surface area (Å²) in [5, 5.41) is 3.46. The van der Waals surface area contributed by atoms with E-state index in [2.05, 4.69) is 12.2 Å². The summed E-state index contributed by atoms with van der Waals surface area (Å²) in [6.45, 7) is 4.41. The summed E-state index contributed by atoms with van der Waals surface area (Å²) in [5.74, 6) is -0.480. The van der Waals surface area contributed by atoms with Gasteiger partial charge in [0.25, 0.3) is 0 Å². The first-order valence-corrected chi connectivity index (χ1v) is 8.74. The van der Waals surface area contributed by atoms with Crippen molar-refractivity contribution in [3.63, 3.8) is 0 Å². The summed E-state index contributed by atoms with van der Waals surface area (Å²) >= 11 is 0. The molecule has 22 heavy (non-hydrogen) atoms. The Bertz CT molecular complexity index is 420. The molecule has 1 N–H and O–H groups in total. The van der Waals surface area contributed by atoms with Gasteiger partial charge in [-0.15, -0.1) is 0 Å². The van der Waals surface area contributed by atoms with Crippen molar-refractivity contribution in [3.8, 4) is 0 Å². The fourth-order valence-corrected chi connectivity index (χ4v) is 2.51. The molecule has 1 rings (SSSR count). The topological polar surface area (TPSA) is 29.1 Å². The van der Waals surface area contributed by atoms with Crippen molar-refractivity contribution in [1.82, 2.24) is 5.32 Å². The van der Waals surface area contributed by atoms with E-state index >= 15 is 0 Å². The second-order valence-electron chi connectivity index (χ2n) is 5.88. The van der Waals surface area contributed by atoms with E-state index in [-0.39, 0.29) is 11.3 Å². The molecule has 2 nitrogen and oxygen atoms in total. The number of rotatable bonds is 13. The molecule has 0 atom stereocenters. The van der Waals surface area contributed by atoms with Gasteiger partial charge in [-0.05, 0) is 44.5 Å². The van der Waals surface area contributed by atoms with Gasteiger partial charge in [0.15, 0.2) is 5.78 Å². The number of ketones is 1. The minimum Gasteiger partial charge on any atom is -0.317 e. The molecule has 0 aliphatic heterocycles. The first-order valence-electron chi connectivity index (χ1n) is 8.74. The van der Waals surface area contributed by atoms with Crippen LogP contribution in [-0.2, 0) is 0 Å². The molecule has 3 heteroatoms. The smallest absolute Gasteiger partial charge is 0.165 e. The molecule has 0 spiro atoms. The summed E-state index contributed by atoms with van der Waals surface area (Å²) < 4.78 is 13.4. The number of carbonyl (C=O) groups excluding carboxylic acids is 1. The lowest BCUT2D eigenvalue weighted by Crippen LogP contribution is -2.16. The molecule has 0 bridgehead atoms.